The molecular formula is C14H17N3O. The van der Waals surface area contributed by atoms with Crippen molar-refractivity contribution in [1.29, 1.82) is 0 Å². The second-order valence-electron chi connectivity index (χ2n) is 4.23. The van der Waals surface area contributed by atoms with Gasteiger partial charge in [0.2, 0.25) is 0 Å². The Bertz CT molecular complexity index is 560. The second kappa shape index (κ2) is 5.49. The van der Waals surface area contributed by atoms with Gasteiger partial charge < -0.3 is 10.3 Å². The van der Waals surface area contributed by atoms with Crippen LogP contribution in [0.5, 0.6) is 0 Å². The van der Waals surface area contributed by atoms with Gasteiger partial charge in [-0.3, -0.25) is 4.79 Å². The van der Waals surface area contributed by atoms with Crippen LogP contribution in [-0.4, -0.2) is 9.97 Å². The molecule has 1 atom stereocenters. The highest BCUT2D eigenvalue weighted by Gasteiger charge is 2.07. The van der Waals surface area contributed by atoms with Gasteiger partial charge in [-0.1, -0.05) is 31.2 Å². The summed E-state index contributed by atoms with van der Waals surface area (Å²) in [5.74, 6) is 0.351. The molecule has 0 aliphatic carbocycles. The topological polar surface area (TPSA) is 57.8 Å². The minimum absolute atomic E-state index is 0.0481. The molecule has 0 aliphatic heterocycles. The van der Waals surface area contributed by atoms with E-state index < -0.39 is 0 Å². The van der Waals surface area contributed by atoms with Gasteiger partial charge in [0.05, 0.1) is 6.04 Å². The molecule has 94 valence electrons. The molecule has 0 radical (unpaired) electrons. The van der Waals surface area contributed by atoms with Gasteiger partial charge in [-0.2, -0.15) is 0 Å². The van der Waals surface area contributed by atoms with E-state index in [2.05, 4.69) is 46.5 Å². The summed E-state index contributed by atoms with van der Waals surface area (Å²) in [6.07, 6.45) is 4.12. The van der Waals surface area contributed by atoms with E-state index in [0.29, 0.717) is 5.82 Å². The van der Waals surface area contributed by atoms with Crippen molar-refractivity contribution in [3.8, 4) is 0 Å². The fraction of sp³-hybridized carbons (Fsp3) is 0.286. The molecule has 2 rings (SSSR count). The Balaban J connectivity index is 2.14. The first-order valence-corrected chi connectivity index (χ1v) is 6.09. The fourth-order valence-corrected chi connectivity index (χ4v) is 1.78. The van der Waals surface area contributed by atoms with Crippen LogP contribution in [0, 0.1) is 0 Å². The number of H-pyrrole nitrogens is 1. The summed E-state index contributed by atoms with van der Waals surface area (Å²) in [4.78, 5) is 18.1. The van der Waals surface area contributed by atoms with Gasteiger partial charge in [-0.15, -0.1) is 0 Å². The van der Waals surface area contributed by atoms with E-state index in [-0.39, 0.29) is 11.6 Å². The van der Waals surface area contributed by atoms with Gasteiger partial charge in [0.25, 0.3) is 5.56 Å². The largest absolute Gasteiger partial charge is 0.359 e. The van der Waals surface area contributed by atoms with Gasteiger partial charge in [0.15, 0.2) is 5.82 Å². The molecule has 0 aliphatic rings. The number of nitrogens with one attached hydrogen (secondary N) is 2. The quantitative estimate of drug-likeness (QED) is 0.867. The molecule has 2 N–H and O–H groups in total. The number of benzene rings is 1. The predicted molar refractivity (Wildman–Crippen MR) is 72.7 cm³/mol. The van der Waals surface area contributed by atoms with Crippen LogP contribution in [-0.2, 0) is 6.42 Å². The van der Waals surface area contributed by atoms with Crippen LogP contribution in [0.25, 0.3) is 0 Å². The Morgan fingerprint density at radius 2 is 2.06 bits per heavy atom. The number of nitrogens with zero attached hydrogens (tertiary/aromatic N) is 1. The molecule has 0 amide bonds. The highest BCUT2D eigenvalue weighted by atomic mass is 16.1. The Morgan fingerprint density at radius 1 is 1.33 bits per heavy atom. The minimum Gasteiger partial charge on any atom is -0.359 e. The van der Waals surface area contributed by atoms with Crippen molar-refractivity contribution in [2.24, 2.45) is 0 Å². The number of hydrogen-bond acceptors (Lipinski definition) is 3. The molecule has 18 heavy (non-hydrogen) atoms. The number of aryl methyl sites for hydroxylation is 1. The number of aromatic nitrogens is 2. The van der Waals surface area contributed by atoms with E-state index in [9.17, 15) is 4.79 Å². The fourth-order valence-electron chi connectivity index (χ4n) is 1.78. The molecule has 0 fully saturated rings. The van der Waals surface area contributed by atoms with Gasteiger partial charge in [-0.25, -0.2) is 4.98 Å². The third-order valence-electron chi connectivity index (χ3n) is 2.95. The Hall–Kier alpha value is -2.10. The molecule has 4 nitrogen and oxygen atoms in total. The van der Waals surface area contributed by atoms with Crippen molar-refractivity contribution in [1.82, 2.24) is 9.97 Å². The highest BCUT2D eigenvalue weighted by molar-refractivity contribution is 5.36. The van der Waals surface area contributed by atoms with Crippen LogP contribution in [0.3, 0.4) is 0 Å². The SMILES string of the molecule is CCc1ccc(C(C)Nc2ncc[nH]c2=O)cc1. The average Bonchev–Trinajstić information content (AvgIpc) is 2.41. The lowest BCUT2D eigenvalue weighted by Crippen LogP contribution is -2.17. The van der Waals surface area contributed by atoms with Crippen molar-refractivity contribution < 1.29 is 0 Å². The molecular weight excluding hydrogens is 226 g/mol. The normalized spacial score (nSPS) is 12.1. The van der Waals surface area contributed by atoms with E-state index >= 15 is 0 Å². The van der Waals surface area contributed by atoms with E-state index in [1.54, 1.807) is 6.20 Å². The lowest BCUT2D eigenvalue weighted by molar-refractivity contribution is 0.865. The summed E-state index contributed by atoms with van der Waals surface area (Å²) in [5.41, 5.74) is 2.24. The zero-order valence-corrected chi connectivity index (χ0v) is 10.6. The summed E-state index contributed by atoms with van der Waals surface area (Å²) in [7, 11) is 0. The van der Waals surface area contributed by atoms with Gasteiger partial charge in [-0.05, 0) is 24.5 Å². The van der Waals surface area contributed by atoms with Crippen LogP contribution < -0.4 is 10.9 Å². The van der Waals surface area contributed by atoms with Crippen LogP contribution >= 0.6 is 0 Å². The standard InChI is InChI=1S/C14H17N3O/c1-3-11-4-6-12(7-5-11)10(2)17-13-14(18)16-9-8-15-13/h4-10H,3H2,1-2H3,(H,15,17)(H,16,18). The number of rotatable bonds is 4. The lowest BCUT2D eigenvalue weighted by atomic mass is 10.1. The van der Waals surface area contributed by atoms with E-state index in [4.69, 9.17) is 0 Å². The minimum atomic E-state index is -0.200. The summed E-state index contributed by atoms with van der Waals surface area (Å²) in [5, 5.41) is 3.11. The molecule has 0 saturated carbocycles. The summed E-state index contributed by atoms with van der Waals surface area (Å²) in [6.45, 7) is 4.14. The van der Waals surface area contributed by atoms with Gasteiger partial charge >= 0.3 is 0 Å². The maximum atomic E-state index is 11.5. The number of hydrogen-bond donors (Lipinski definition) is 2. The smallest absolute Gasteiger partial charge is 0.290 e. The van der Waals surface area contributed by atoms with Gasteiger partial charge in [0.1, 0.15) is 0 Å². The average molecular weight is 243 g/mol. The molecule has 4 heteroatoms. The second-order valence-corrected chi connectivity index (χ2v) is 4.23. The zero-order chi connectivity index (χ0) is 13.0. The molecule has 0 saturated heterocycles. The maximum Gasteiger partial charge on any atom is 0.290 e. The van der Waals surface area contributed by atoms with Crippen molar-refractivity contribution >= 4 is 5.82 Å². The summed E-state index contributed by atoms with van der Waals surface area (Å²) >= 11 is 0. The Kier molecular flexibility index (Phi) is 3.77. The third-order valence-corrected chi connectivity index (χ3v) is 2.95. The molecule has 1 heterocycles. The van der Waals surface area contributed by atoms with Crippen LogP contribution in [0.1, 0.15) is 31.0 Å². The van der Waals surface area contributed by atoms with Crippen molar-refractivity contribution in [2.75, 3.05) is 5.32 Å². The van der Waals surface area contributed by atoms with Crippen molar-refractivity contribution in [3.63, 3.8) is 0 Å². The third kappa shape index (κ3) is 2.77. The highest BCUT2D eigenvalue weighted by Crippen LogP contribution is 2.16. The predicted octanol–water partition coefficient (Wildman–Crippen LogP) is 2.51. The molecule has 1 aromatic carbocycles. The zero-order valence-electron chi connectivity index (χ0n) is 10.6. The van der Waals surface area contributed by atoms with E-state index in [1.165, 1.54) is 11.8 Å². The monoisotopic (exact) mass is 243 g/mol. The molecule has 1 unspecified atom stereocenters. The number of aromatic amines is 1. The first-order valence-electron chi connectivity index (χ1n) is 6.09. The van der Waals surface area contributed by atoms with E-state index in [1.807, 2.05) is 6.92 Å². The van der Waals surface area contributed by atoms with Crippen LogP contribution in [0.15, 0.2) is 41.5 Å². The number of anilines is 1. The Labute approximate surface area is 106 Å². The van der Waals surface area contributed by atoms with Crippen molar-refractivity contribution in [3.05, 3.63) is 58.1 Å². The van der Waals surface area contributed by atoms with Crippen molar-refractivity contribution in [2.45, 2.75) is 26.3 Å². The lowest BCUT2D eigenvalue weighted by Gasteiger charge is -2.14. The van der Waals surface area contributed by atoms with Crippen LogP contribution in [0.4, 0.5) is 5.82 Å². The summed E-state index contributed by atoms with van der Waals surface area (Å²) < 4.78 is 0. The van der Waals surface area contributed by atoms with E-state index in [0.717, 1.165) is 12.0 Å². The molecule has 1 aromatic heterocycles. The maximum absolute atomic E-state index is 11.5. The Morgan fingerprint density at radius 3 is 2.67 bits per heavy atom. The van der Waals surface area contributed by atoms with Gasteiger partial charge in [0, 0.05) is 12.4 Å². The summed E-state index contributed by atoms with van der Waals surface area (Å²) in [6, 6.07) is 8.42. The molecule has 0 bridgehead atoms. The first-order chi connectivity index (χ1) is 8.70. The van der Waals surface area contributed by atoms with Crippen LogP contribution in [0.2, 0.25) is 0 Å². The first kappa shape index (κ1) is 12.4. The molecule has 0 spiro atoms. The molecule has 2 aromatic rings.